The summed E-state index contributed by atoms with van der Waals surface area (Å²) in [7, 11) is 3.23. The first kappa shape index (κ1) is 23.5. The van der Waals surface area contributed by atoms with Crippen molar-refractivity contribution < 1.29 is 23.8 Å². The minimum absolute atomic E-state index is 0.0503. The lowest BCUT2D eigenvalue weighted by Crippen LogP contribution is -2.53. The number of nitrogens with zero attached hydrogens (tertiary/aromatic N) is 4. The van der Waals surface area contributed by atoms with Crippen LogP contribution in [-0.2, 0) is 21.3 Å². The second kappa shape index (κ2) is 9.56. The van der Waals surface area contributed by atoms with E-state index in [1.165, 1.54) is 7.11 Å². The molecule has 10 heteroatoms. The van der Waals surface area contributed by atoms with Crippen molar-refractivity contribution >= 4 is 17.9 Å². The molecule has 1 fully saturated rings. The van der Waals surface area contributed by atoms with Crippen molar-refractivity contribution in [2.45, 2.75) is 39.4 Å². The maximum absolute atomic E-state index is 12.0. The van der Waals surface area contributed by atoms with Gasteiger partial charge < -0.3 is 24.4 Å². The Morgan fingerprint density at radius 2 is 1.97 bits per heavy atom. The molecule has 0 radical (unpaired) electrons. The summed E-state index contributed by atoms with van der Waals surface area (Å²) >= 11 is 0. The van der Waals surface area contributed by atoms with Crippen molar-refractivity contribution in [3.63, 3.8) is 0 Å². The highest BCUT2D eigenvalue weighted by Crippen LogP contribution is 2.33. The van der Waals surface area contributed by atoms with Crippen molar-refractivity contribution in [3.8, 4) is 11.3 Å². The van der Waals surface area contributed by atoms with E-state index in [1.807, 2.05) is 34.7 Å². The third kappa shape index (κ3) is 5.76. The van der Waals surface area contributed by atoms with E-state index in [0.29, 0.717) is 37.5 Å². The number of nitrogens with one attached hydrogen (secondary N) is 1. The first-order chi connectivity index (χ1) is 15.1. The van der Waals surface area contributed by atoms with Gasteiger partial charge in [-0.2, -0.15) is 5.10 Å². The predicted molar refractivity (Wildman–Crippen MR) is 119 cm³/mol. The minimum Gasteiger partial charge on any atom is -0.465 e. The van der Waals surface area contributed by atoms with Gasteiger partial charge in [-0.3, -0.25) is 9.67 Å². The van der Waals surface area contributed by atoms with E-state index in [2.05, 4.69) is 20.3 Å². The zero-order valence-corrected chi connectivity index (χ0v) is 19.5. The third-order valence-electron chi connectivity index (χ3n) is 4.83. The number of amides is 1. The molecule has 0 aromatic carbocycles. The number of alkyl carbamates (subject to hydrolysis) is 1. The summed E-state index contributed by atoms with van der Waals surface area (Å²) in [5.74, 6) is 0.505. The molecule has 0 bridgehead atoms. The second-order valence-electron chi connectivity index (χ2n) is 8.71. The molecule has 2 aromatic heterocycles. The largest absolute Gasteiger partial charge is 0.465 e. The molecule has 1 amide bonds. The van der Waals surface area contributed by atoms with Crippen LogP contribution in [0.2, 0.25) is 0 Å². The van der Waals surface area contributed by atoms with Gasteiger partial charge in [0.2, 0.25) is 0 Å². The van der Waals surface area contributed by atoms with Gasteiger partial charge in [0, 0.05) is 32.4 Å². The zero-order chi connectivity index (χ0) is 23.5. The number of ether oxygens (including phenoxy) is 3. The molecule has 0 aliphatic carbocycles. The molecule has 32 heavy (non-hydrogen) atoms. The van der Waals surface area contributed by atoms with Crippen LogP contribution in [0.15, 0.2) is 18.3 Å². The van der Waals surface area contributed by atoms with Gasteiger partial charge in [-0.05, 0) is 39.8 Å². The molecule has 1 aliphatic rings. The zero-order valence-electron chi connectivity index (χ0n) is 19.5. The van der Waals surface area contributed by atoms with Crippen LogP contribution in [0.25, 0.3) is 11.3 Å². The molecule has 0 unspecified atom stereocenters. The fraction of sp³-hybridized carbons (Fsp3) is 0.545. The van der Waals surface area contributed by atoms with Gasteiger partial charge in [0.15, 0.2) is 0 Å². The highest BCUT2D eigenvalue weighted by Gasteiger charge is 2.32. The maximum Gasteiger partial charge on any atom is 0.407 e. The molecular formula is C22H31N5O5. The standard InChI is InChI=1S/C22H31N5O5/c1-14-9-15(20(28)30-6)10-18(25-14)17-11-24-26(5)19(17)27-12-16(13-27)31-8-7-23-21(29)32-22(2,3)4/h9-11,16H,7-8,12-13H2,1-6H3,(H,23,29). The Kier molecular flexibility index (Phi) is 7.02. The van der Waals surface area contributed by atoms with Gasteiger partial charge >= 0.3 is 12.1 Å². The van der Waals surface area contributed by atoms with E-state index in [0.717, 1.165) is 17.1 Å². The summed E-state index contributed by atoms with van der Waals surface area (Å²) in [6, 6.07) is 3.42. The number of hydrogen-bond donors (Lipinski definition) is 1. The van der Waals surface area contributed by atoms with Crippen LogP contribution < -0.4 is 10.2 Å². The van der Waals surface area contributed by atoms with Crippen LogP contribution in [0.3, 0.4) is 0 Å². The summed E-state index contributed by atoms with van der Waals surface area (Å²) in [5.41, 5.74) is 2.15. The Bertz CT molecular complexity index is 976. The van der Waals surface area contributed by atoms with E-state index in [-0.39, 0.29) is 6.10 Å². The van der Waals surface area contributed by atoms with E-state index in [1.54, 1.807) is 23.0 Å². The average molecular weight is 446 g/mol. The van der Waals surface area contributed by atoms with Crippen LogP contribution >= 0.6 is 0 Å². The Labute approximate surface area is 187 Å². The van der Waals surface area contributed by atoms with Crippen LogP contribution in [0.4, 0.5) is 10.6 Å². The number of aromatic nitrogens is 3. The summed E-state index contributed by atoms with van der Waals surface area (Å²) in [4.78, 5) is 30.4. The van der Waals surface area contributed by atoms with Gasteiger partial charge in [0.25, 0.3) is 0 Å². The fourth-order valence-electron chi connectivity index (χ4n) is 3.44. The van der Waals surface area contributed by atoms with Crippen LogP contribution in [0.1, 0.15) is 36.8 Å². The van der Waals surface area contributed by atoms with Gasteiger partial charge in [0.1, 0.15) is 11.4 Å². The number of rotatable bonds is 7. The minimum atomic E-state index is -0.524. The molecule has 2 aromatic rings. The number of methoxy groups -OCH3 is 1. The van der Waals surface area contributed by atoms with Gasteiger partial charge in [-0.1, -0.05) is 0 Å². The van der Waals surface area contributed by atoms with Crippen molar-refractivity contribution in [2.75, 3.05) is 38.3 Å². The SMILES string of the molecule is COC(=O)c1cc(C)nc(-c2cnn(C)c2N2CC(OCCNC(=O)OC(C)(C)C)C2)c1. The Morgan fingerprint density at radius 3 is 2.62 bits per heavy atom. The molecule has 0 saturated carbocycles. The van der Waals surface area contributed by atoms with Crippen LogP contribution in [0, 0.1) is 6.92 Å². The van der Waals surface area contributed by atoms with Crippen LogP contribution in [0.5, 0.6) is 0 Å². The summed E-state index contributed by atoms with van der Waals surface area (Å²) in [6.45, 7) is 9.46. The highest BCUT2D eigenvalue weighted by molar-refractivity contribution is 5.91. The number of hydrogen-bond acceptors (Lipinski definition) is 8. The Balaban J connectivity index is 1.57. The number of pyridine rings is 1. The summed E-state index contributed by atoms with van der Waals surface area (Å²) < 4.78 is 17.7. The van der Waals surface area contributed by atoms with E-state index in [9.17, 15) is 9.59 Å². The summed E-state index contributed by atoms with van der Waals surface area (Å²) in [5, 5.41) is 7.07. The first-order valence-corrected chi connectivity index (χ1v) is 10.5. The monoisotopic (exact) mass is 445 g/mol. The topological polar surface area (TPSA) is 108 Å². The van der Waals surface area contributed by atoms with Crippen molar-refractivity contribution in [2.24, 2.45) is 7.05 Å². The van der Waals surface area contributed by atoms with E-state index < -0.39 is 17.7 Å². The molecule has 0 spiro atoms. The summed E-state index contributed by atoms with van der Waals surface area (Å²) in [6.07, 6.45) is 1.35. The molecule has 10 nitrogen and oxygen atoms in total. The smallest absolute Gasteiger partial charge is 0.407 e. The molecular weight excluding hydrogens is 414 g/mol. The number of carbonyl (C=O) groups excluding carboxylic acids is 2. The van der Waals surface area contributed by atoms with Gasteiger partial charge in [-0.25, -0.2) is 9.59 Å². The Hall–Kier alpha value is -3.14. The molecule has 1 aliphatic heterocycles. The number of carbonyl (C=O) groups is 2. The van der Waals surface area contributed by atoms with Crippen LogP contribution in [-0.4, -0.2) is 71.9 Å². The lowest BCUT2D eigenvalue weighted by molar-refractivity contribution is 0.0282. The quantitative estimate of drug-likeness (QED) is 0.511. The van der Waals surface area contributed by atoms with Gasteiger partial charge in [0.05, 0.1) is 42.8 Å². The van der Waals surface area contributed by atoms with Crippen molar-refractivity contribution in [1.82, 2.24) is 20.1 Å². The van der Waals surface area contributed by atoms with Crippen molar-refractivity contribution in [1.29, 1.82) is 0 Å². The predicted octanol–water partition coefficient (Wildman–Crippen LogP) is 2.31. The number of anilines is 1. The normalized spacial score (nSPS) is 14.1. The third-order valence-corrected chi connectivity index (χ3v) is 4.83. The molecule has 174 valence electrons. The molecule has 0 atom stereocenters. The fourth-order valence-corrected chi connectivity index (χ4v) is 3.44. The van der Waals surface area contributed by atoms with Gasteiger partial charge in [-0.15, -0.1) is 0 Å². The number of aryl methyl sites for hydroxylation is 2. The van der Waals surface area contributed by atoms with E-state index in [4.69, 9.17) is 14.2 Å². The number of esters is 1. The maximum atomic E-state index is 12.0. The Morgan fingerprint density at radius 1 is 1.25 bits per heavy atom. The molecule has 1 saturated heterocycles. The average Bonchev–Trinajstić information content (AvgIpc) is 3.05. The first-order valence-electron chi connectivity index (χ1n) is 10.5. The lowest BCUT2D eigenvalue weighted by atomic mass is 10.1. The lowest BCUT2D eigenvalue weighted by Gasteiger charge is -2.40. The molecule has 3 heterocycles. The molecule has 1 N–H and O–H groups in total. The molecule has 3 rings (SSSR count). The highest BCUT2D eigenvalue weighted by atomic mass is 16.6. The van der Waals surface area contributed by atoms with E-state index >= 15 is 0 Å². The second-order valence-corrected chi connectivity index (χ2v) is 8.71. The van der Waals surface area contributed by atoms with Crippen molar-refractivity contribution in [3.05, 3.63) is 29.6 Å².